The zero-order chi connectivity index (χ0) is 20.9. The summed E-state index contributed by atoms with van der Waals surface area (Å²) in [6, 6.07) is 8.69. The highest BCUT2D eigenvalue weighted by molar-refractivity contribution is 7.22. The van der Waals surface area contributed by atoms with Crippen molar-refractivity contribution in [3.63, 3.8) is 0 Å². The lowest BCUT2D eigenvalue weighted by atomic mass is 10.1. The first-order valence-electron chi connectivity index (χ1n) is 8.18. The number of para-hydroxylation sites is 1. The molecule has 0 spiro atoms. The summed E-state index contributed by atoms with van der Waals surface area (Å²) < 4.78 is 34.0. The topological polar surface area (TPSA) is 95.3 Å². The molecular weight excluding hydrogens is 406 g/mol. The molecule has 0 aliphatic carbocycles. The van der Waals surface area contributed by atoms with Crippen LogP contribution in [0.1, 0.15) is 5.56 Å². The number of hydrogen-bond donors (Lipinski definition) is 0. The van der Waals surface area contributed by atoms with Gasteiger partial charge in [-0.15, -0.1) is 11.3 Å². The fraction of sp³-hybridized carbons (Fsp3) is 0.0526. The van der Waals surface area contributed by atoms with Crippen molar-refractivity contribution in [3.05, 3.63) is 90.7 Å². The highest BCUT2D eigenvalue weighted by atomic mass is 32.1. The number of halogens is 2. The van der Waals surface area contributed by atoms with Gasteiger partial charge in [-0.1, -0.05) is 6.07 Å². The summed E-state index contributed by atoms with van der Waals surface area (Å²) in [6.45, 7) is 1.60. The lowest BCUT2D eigenvalue weighted by Crippen LogP contribution is -2.24. The number of nitrogens with zero attached hydrogens (tertiary/aromatic N) is 2. The molecule has 4 aromatic rings. The first kappa shape index (κ1) is 18.7. The van der Waals surface area contributed by atoms with Crippen LogP contribution in [0.15, 0.2) is 56.5 Å². The monoisotopic (exact) mass is 416 g/mol. The Balaban J connectivity index is 2.06. The van der Waals surface area contributed by atoms with Gasteiger partial charge < -0.3 is 4.42 Å². The number of nitro benzene ring substituents is 1. The second-order valence-electron chi connectivity index (χ2n) is 6.10. The van der Waals surface area contributed by atoms with Gasteiger partial charge in [-0.05, 0) is 42.3 Å². The van der Waals surface area contributed by atoms with E-state index in [0.717, 1.165) is 29.5 Å². The van der Waals surface area contributed by atoms with Crippen LogP contribution in [0.2, 0.25) is 0 Å². The van der Waals surface area contributed by atoms with Gasteiger partial charge in [-0.3, -0.25) is 10.1 Å². The van der Waals surface area contributed by atoms with Crippen molar-refractivity contribution in [2.24, 2.45) is 0 Å². The van der Waals surface area contributed by atoms with Crippen LogP contribution >= 0.6 is 11.3 Å². The lowest BCUT2D eigenvalue weighted by molar-refractivity contribution is -0.384. The average Bonchev–Trinajstić information content (AvgIpc) is 3.01. The van der Waals surface area contributed by atoms with Crippen LogP contribution in [0, 0.1) is 28.7 Å². The summed E-state index contributed by atoms with van der Waals surface area (Å²) in [5.41, 5.74) is -0.722. The maximum Gasteiger partial charge on any atom is 0.427 e. The van der Waals surface area contributed by atoms with Crippen molar-refractivity contribution in [2.45, 2.75) is 6.92 Å². The number of aromatic nitrogens is 1. The van der Waals surface area contributed by atoms with Crippen molar-refractivity contribution in [1.29, 1.82) is 0 Å². The number of aryl methyl sites for hydroxylation is 1. The lowest BCUT2D eigenvalue weighted by Gasteiger charge is -2.07. The van der Waals surface area contributed by atoms with E-state index >= 15 is 0 Å². The highest BCUT2D eigenvalue weighted by Crippen LogP contribution is 2.38. The van der Waals surface area contributed by atoms with Crippen molar-refractivity contribution in [3.8, 4) is 16.1 Å². The Morgan fingerprint density at radius 2 is 1.69 bits per heavy atom. The molecule has 0 amide bonds. The van der Waals surface area contributed by atoms with E-state index in [0.29, 0.717) is 20.6 Å². The Morgan fingerprint density at radius 3 is 2.28 bits per heavy atom. The first-order valence-corrected chi connectivity index (χ1v) is 8.99. The summed E-state index contributed by atoms with van der Waals surface area (Å²) in [4.78, 5) is 35.5. The number of hydrogen-bond acceptors (Lipinski definition) is 6. The van der Waals surface area contributed by atoms with Gasteiger partial charge in [0, 0.05) is 17.0 Å². The summed E-state index contributed by atoms with van der Waals surface area (Å²) in [6.07, 6.45) is 0. The highest BCUT2D eigenvalue weighted by Gasteiger charge is 2.23. The van der Waals surface area contributed by atoms with Crippen LogP contribution < -0.4 is 11.4 Å². The van der Waals surface area contributed by atoms with E-state index in [1.54, 1.807) is 6.92 Å². The van der Waals surface area contributed by atoms with Crippen molar-refractivity contribution in [2.75, 3.05) is 0 Å². The van der Waals surface area contributed by atoms with Gasteiger partial charge in [0.2, 0.25) is 0 Å². The Labute approximate surface area is 164 Å². The minimum atomic E-state index is -1.22. The number of non-ortho nitro benzene ring substituents is 1. The zero-order valence-electron chi connectivity index (χ0n) is 14.6. The Morgan fingerprint density at radius 1 is 1.07 bits per heavy atom. The molecule has 10 heteroatoms. The molecule has 0 bridgehead atoms. The molecule has 0 atom stereocenters. The molecule has 2 aromatic heterocycles. The second kappa shape index (κ2) is 6.74. The maximum atomic E-state index is 14.3. The first-order chi connectivity index (χ1) is 13.8. The van der Waals surface area contributed by atoms with Crippen LogP contribution in [0.4, 0.5) is 14.5 Å². The van der Waals surface area contributed by atoms with Gasteiger partial charge in [0.1, 0.15) is 22.2 Å². The third-order valence-electron chi connectivity index (χ3n) is 4.40. The van der Waals surface area contributed by atoms with Gasteiger partial charge in [0.15, 0.2) is 0 Å². The van der Waals surface area contributed by atoms with Crippen LogP contribution in [0.25, 0.3) is 26.3 Å². The summed E-state index contributed by atoms with van der Waals surface area (Å²) in [5.74, 6) is -3.21. The van der Waals surface area contributed by atoms with E-state index in [1.165, 1.54) is 24.3 Å². The molecule has 0 aliphatic rings. The average molecular weight is 416 g/mol. The molecule has 4 rings (SSSR count). The van der Waals surface area contributed by atoms with E-state index in [4.69, 9.17) is 4.42 Å². The Kier molecular flexibility index (Phi) is 4.35. The molecule has 0 fully saturated rings. The van der Waals surface area contributed by atoms with Crippen molar-refractivity contribution in [1.82, 2.24) is 4.57 Å². The van der Waals surface area contributed by atoms with Gasteiger partial charge >= 0.3 is 11.4 Å². The van der Waals surface area contributed by atoms with Crippen molar-refractivity contribution >= 4 is 27.2 Å². The van der Waals surface area contributed by atoms with Crippen LogP contribution in [-0.4, -0.2) is 9.49 Å². The van der Waals surface area contributed by atoms with Gasteiger partial charge in [0.25, 0.3) is 5.69 Å². The Hall–Kier alpha value is -3.66. The van der Waals surface area contributed by atoms with E-state index < -0.39 is 33.6 Å². The van der Waals surface area contributed by atoms with Crippen LogP contribution in [-0.2, 0) is 0 Å². The number of thiophene rings is 1. The van der Waals surface area contributed by atoms with E-state index in [1.807, 2.05) is 0 Å². The molecule has 0 aliphatic heterocycles. The normalized spacial score (nSPS) is 11.1. The van der Waals surface area contributed by atoms with Crippen molar-refractivity contribution < 1.29 is 18.1 Å². The third-order valence-corrected chi connectivity index (χ3v) is 5.73. The fourth-order valence-electron chi connectivity index (χ4n) is 3.06. The molecule has 0 N–H and O–H groups in total. The number of rotatable bonds is 3. The zero-order valence-corrected chi connectivity index (χ0v) is 15.5. The predicted octanol–water partition coefficient (Wildman–Crippen LogP) is 4.17. The largest absolute Gasteiger partial charge is 0.427 e. The van der Waals surface area contributed by atoms with E-state index in [-0.39, 0.29) is 15.9 Å². The van der Waals surface area contributed by atoms with E-state index in [9.17, 15) is 28.5 Å². The van der Waals surface area contributed by atoms with Crippen LogP contribution in [0.3, 0.4) is 0 Å². The van der Waals surface area contributed by atoms with Gasteiger partial charge in [-0.25, -0.2) is 22.9 Å². The molecule has 146 valence electrons. The summed E-state index contributed by atoms with van der Waals surface area (Å²) >= 11 is 0.958. The number of nitro groups is 1. The van der Waals surface area contributed by atoms with Gasteiger partial charge in [0.05, 0.1) is 10.3 Å². The minimum Gasteiger partial charge on any atom is -0.372 e. The molecule has 29 heavy (non-hydrogen) atoms. The Bertz CT molecular complexity index is 1380. The quantitative estimate of drug-likeness (QED) is 0.369. The minimum absolute atomic E-state index is 0.00519. The molecule has 0 radical (unpaired) electrons. The fourth-order valence-corrected chi connectivity index (χ4v) is 4.36. The summed E-state index contributed by atoms with van der Waals surface area (Å²) in [5, 5.41) is 10.9. The molecular formula is C19H10F2N2O5S. The predicted molar refractivity (Wildman–Crippen MR) is 103 cm³/mol. The third kappa shape index (κ3) is 2.93. The molecule has 2 aromatic carbocycles. The number of benzene rings is 2. The smallest absolute Gasteiger partial charge is 0.372 e. The maximum absolute atomic E-state index is 14.3. The number of fused-ring (bicyclic) bond motifs is 1. The van der Waals surface area contributed by atoms with E-state index in [2.05, 4.69) is 0 Å². The SMILES string of the molecule is Cc1c(-c2ccc([N+](=O)[O-])cc2)sc2c1c(=O)oc(=O)n2-c1c(F)cccc1F. The molecule has 2 heterocycles. The van der Waals surface area contributed by atoms with Gasteiger partial charge in [-0.2, -0.15) is 0 Å². The molecule has 7 nitrogen and oxygen atoms in total. The standard InChI is InChI=1S/C19H10F2N2O5S/c1-9-14-17(29-16(9)10-5-7-11(8-6-10)23(26)27)22(19(25)28-18(14)24)15-12(20)3-2-4-13(15)21/h2-8H,1H3. The second-order valence-corrected chi connectivity index (χ2v) is 7.10. The molecule has 0 saturated carbocycles. The van der Waals surface area contributed by atoms with Crippen LogP contribution in [0.5, 0.6) is 0 Å². The summed E-state index contributed by atoms with van der Waals surface area (Å²) in [7, 11) is 0. The molecule has 0 unspecified atom stereocenters. The molecule has 0 saturated heterocycles.